The summed E-state index contributed by atoms with van der Waals surface area (Å²) in [6.07, 6.45) is 7.49. The molecule has 0 aliphatic heterocycles. The molecular weight excluding hydrogens is 453 g/mol. The molecule has 0 fully saturated rings. The van der Waals surface area contributed by atoms with Gasteiger partial charge in [0.2, 0.25) is 5.95 Å². The SMILES string of the molecule is C=Cc1c(/C=C\C)c(S(C)(=O)=O)nn1Cc1nc2cc(Cl)ccc2n1-c1ccc(F)nc1. The molecule has 0 amide bonds. The van der Waals surface area contributed by atoms with Crippen LogP contribution >= 0.6 is 11.6 Å². The summed E-state index contributed by atoms with van der Waals surface area (Å²) in [5.74, 6) is -0.0640. The Morgan fingerprint density at radius 1 is 1.25 bits per heavy atom. The average molecular weight is 472 g/mol. The maximum Gasteiger partial charge on any atom is 0.212 e. The smallest absolute Gasteiger partial charge is 0.212 e. The molecule has 10 heteroatoms. The van der Waals surface area contributed by atoms with Crippen molar-refractivity contribution >= 4 is 44.6 Å². The van der Waals surface area contributed by atoms with Crippen LogP contribution in [-0.2, 0) is 16.4 Å². The molecule has 0 radical (unpaired) electrons. The fraction of sp³-hybridized carbons (Fsp3) is 0.136. The van der Waals surface area contributed by atoms with E-state index in [9.17, 15) is 12.8 Å². The van der Waals surface area contributed by atoms with Crippen molar-refractivity contribution in [1.82, 2.24) is 24.3 Å². The lowest BCUT2D eigenvalue weighted by Crippen LogP contribution is -2.11. The summed E-state index contributed by atoms with van der Waals surface area (Å²) < 4.78 is 41.5. The predicted molar refractivity (Wildman–Crippen MR) is 123 cm³/mol. The van der Waals surface area contributed by atoms with Gasteiger partial charge in [0, 0.05) is 16.8 Å². The van der Waals surface area contributed by atoms with Crippen LogP contribution in [0.2, 0.25) is 5.02 Å². The predicted octanol–water partition coefficient (Wildman–Crippen LogP) is 4.54. The molecule has 0 spiro atoms. The molecule has 0 saturated heterocycles. The van der Waals surface area contributed by atoms with Gasteiger partial charge in [-0.15, -0.1) is 0 Å². The van der Waals surface area contributed by atoms with Gasteiger partial charge in [0.1, 0.15) is 12.4 Å². The summed E-state index contributed by atoms with van der Waals surface area (Å²) in [6, 6.07) is 8.11. The molecule has 4 rings (SSSR count). The van der Waals surface area contributed by atoms with E-state index in [0.717, 1.165) is 11.8 Å². The third-order valence-corrected chi connectivity index (χ3v) is 6.06. The molecule has 32 heavy (non-hydrogen) atoms. The second kappa shape index (κ2) is 8.33. The highest BCUT2D eigenvalue weighted by molar-refractivity contribution is 7.90. The van der Waals surface area contributed by atoms with E-state index in [-0.39, 0.29) is 11.6 Å². The lowest BCUT2D eigenvalue weighted by Gasteiger charge is -2.10. The zero-order valence-electron chi connectivity index (χ0n) is 17.3. The quantitative estimate of drug-likeness (QED) is 0.385. The molecule has 0 aliphatic rings. The molecular formula is C22H19ClFN5O2S. The summed E-state index contributed by atoms with van der Waals surface area (Å²) in [5, 5.41) is 4.83. The number of imidazole rings is 1. The van der Waals surface area contributed by atoms with E-state index in [1.54, 1.807) is 43.4 Å². The number of hydrogen-bond acceptors (Lipinski definition) is 5. The fourth-order valence-electron chi connectivity index (χ4n) is 3.53. The molecule has 0 bridgehead atoms. The van der Waals surface area contributed by atoms with E-state index in [0.29, 0.717) is 33.3 Å². The first-order chi connectivity index (χ1) is 15.2. The number of rotatable bonds is 6. The second-order valence-corrected chi connectivity index (χ2v) is 9.44. The molecule has 0 unspecified atom stereocenters. The first-order valence-corrected chi connectivity index (χ1v) is 11.8. The third-order valence-electron chi connectivity index (χ3n) is 4.82. The van der Waals surface area contributed by atoms with Crippen LogP contribution in [0.25, 0.3) is 28.9 Å². The Hall–Kier alpha value is -3.30. The fourth-order valence-corrected chi connectivity index (χ4v) is 4.52. The van der Waals surface area contributed by atoms with Crippen LogP contribution in [-0.4, -0.2) is 39.0 Å². The van der Waals surface area contributed by atoms with Crippen LogP contribution < -0.4 is 0 Å². The number of allylic oxidation sites excluding steroid dienone is 1. The van der Waals surface area contributed by atoms with Crippen LogP contribution in [0.15, 0.2) is 54.2 Å². The van der Waals surface area contributed by atoms with Gasteiger partial charge in [0.25, 0.3) is 0 Å². The Labute approximate surface area is 189 Å². The van der Waals surface area contributed by atoms with Crippen molar-refractivity contribution < 1.29 is 12.8 Å². The summed E-state index contributed by atoms with van der Waals surface area (Å²) in [4.78, 5) is 8.43. The number of benzene rings is 1. The molecule has 3 aromatic heterocycles. The van der Waals surface area contributed by atoms with Gasteiger partial charge in [-0.05, 0) is 43.3 Å². The van der Waals surface area contributed by atoms with Crippen LogP contribution in [0.4, 0.5) is 4.39 Å². The van der Waals surface area contributed by atoms with Crippen molar-refractivity contribution in [2.24, 2.45) is 0 Å². The third kappa shape index (κ3) is 3.96. The van der Waals surface area contributed by atoms with E-state index in [1.807, 2.05) is 10.6 Å². The lowest BCUT2D eigenvalue weighted by molar-refractivity contribution is 0.581. The highest BCUT2D eigenvalue weighted by Gasteiger charge is 2.23. The zero-order chi connectivity index (χ0) is 23.0. The minimum absolute atomic E-state index is 0.0420. The molecule has 0 atom stereocenters. The molecule has 0 aliphatic carbocycles. The summed E-state index contributed by atoms with van der Waals surface area (Å²) in [7, 11) is -3.58. The van der Waals surface area contributed by atoms with E-state index >= 15 is 0 Å². The Bertz CT molecular complexity index is 1470. The van der Waals surface area contributed by atoms with Gasteiger partial charge < -0.3 is 0 Å². The van der Waals surface area contributed by atoms with Crippen molar-refractivity contribution in [2.45, 2.75) is 18.5 Å². The highest BCUT2D eigenvalue weighted by atomic mass is 35.5. The van der Waals surface area contributed by atoms with Gasteiger partial charge >= 0.3 is 0 Å². The maximum atomic E-state index is 13.4. The van der Waals surface area contributed by atoms with Gasteiger partial charge in [-0.2, -0.15) is 9.49 Å². The first kappa shape index (κ1) is 21.9. The standard InChI is InChI=1S/C22H19ClFN5O2S/c1-4-6-16-18(5-2)28(27-22(16)32(3,30)31)13-21-26-17-11-14(23)7-9-19(17)29(21)15-8-10-20(24)25-12-15/h4-12H,2,13H2,1,3H3/b6-4-. The van der Waals surface area contributed by atoms with Gasteiger partial charge in [0.15, 0.2) is 14.9 Å². The highest BCUT2D eigenvalue weighted by Crippen LogP contribution is 2.27. The van der Waals surface area contributed by atoms with Crippen LogP contribution in [0.1, 0.15) is 24.0 Å². The first-order valence-electron chi connectivity index (χ1n) is 9.57. The number of pyridine rings is 1. The molecule has 3 heterocycles. The summed E-state index contributed by atoms with van der Waals surface area (Å²) >= 11 is 6.15. The van der Waals surface area contributed by atoms with E-state index in [1.165, 1.54) is 16.9 Å². The Morgan fingerprint density at radius 2 is 2.03 bits per heavy atom. The lowest BCUT2D eigenvalue weighted by atomic mass is 10.2. The maximum absolute atomic E-state index is 13.4. The Morgan fingerprint density at radius 3 is 2.66 bits per heavy atom. The van der Waals surface area contributed by atoms with Crippen molar-refractivity contribution in [1.29, 1.82) is 0 Å². The molecule has 7 nitrogen and oxygen atoms in total. The minimum atomic E-state index is -3.58. The van der Waals surface area contributed by atoms with E-state index in [2.05, 4.69) is 21.6 Å². The molecule has 4 aromatic rings. The van der Waals surface area contributed by atoms with Gasteiger partial charge in [-0.3, -0.25) is 9.25 Å². The van der Waals surface area contributed by atoms with Crippen molar-refractivity contribution in [3.8, 4) is 5.69 Å². The number of aromatic nitrogens is 5. The number of sulfone groups is 1. The Kier molecular flexibility index (Phi) is 5.70. The van der Waals surface area contributed by atoms with Gasteiger partial charge in [0.05, 0.1) is 28.6 Å². The summed E-state index contributed by atoms with van der Waals surface area (Å²) in [5.41, 5.74) is 2.95. The molecule has 1 aromatic carbocycles. The summed E-state index contributed by atoms with van der Waals surface area (Å²) in [6.45, 7) is 5.75. The number of halogens is 2. The zero-order valence-corrected chi connectivity index (χ0v) is 18.9. The average Bonchev–Trinajstić information content (AvgIpc) is 3.26. The number of fused-ring (bicyclic) bond motifs is 1. The van der Waals surface area contributed by atoms with Crippen molar-refractivity contribution in [3.05, 3.63) is 77.2 Å². The number of nitrogens with zero attached hydrogens (tertiary/aromatic N) is 5. The topological polar surface area (TPSA) is 82.7 Å². The van der Waals surface area contributed by atoms with Crippen LogP contribution in [0.5, 0.6) is 0 Å². The number of hydrogen-bond donors (Lipinski definition) is 0. The van der Waals surface area contributed by atoms with Crippen LogP contribution in [0.3, 0.4) is 0 Å². The van der Waals surface area contributed by atoms with Crippen molar-refractivity contribution in [2.75, 3.05) is 6.26 Å². The second-order valence-electron chi connectivity index (χ2n) is 7.07. The van der Waals surface area contributed by atoms with E-state index in [4.69, 9.17) is 11.6 Å². The Balaban J connectivity index is 1.95. The monoisotopic (exact) mass is 471 g/mol. The molecule has 0 N–H and O–H groups in total. The van der Waals surface area contributed by atoms with Gasteiger partial charge in [-0.25, -0.2) is 18.4 Å². The van der Waals surface area contributed by atoms with Gasteiger partial charge in [-0.1, -0.05) is 30.3 Å². The largest absolute Gasteiger partial charge is 0.293 e. The van der Waals surface area contributed by atoms with Crippen molar-refractivity contribution in [3.63, 3.8) is 0 Å². The normalized spacial score (nSPS) is 12.1. The van der Waals surface area contributed by atoms with E-state index < -0.39 is 15.8 Å². The minimum Gasteiger partial charge on any atom is -0.293 e. The molecule has 0 saturated carbocycles. The molecule has 164 valence electrons. The van der Waals surface area contributed by atoms with Crippen LogP contribution in [0, 0.1) is 5.95 Å².